The van der Waals surface area contributed by atoms with Gasteiger partial charge in [-0.2, -0.15) is 0 Å². The molecule has 0 amide bonds. The van der Waals surface area contributed by atoms with Gasteiger partial charge in [-0.25, -0.2) is 0 Å². The second-order valence-electron chi connectivity index (χ2n) is 5.29. The van der Waals surface area contributed by atoms with Crippen LogP contribution in [-0.4, -0.2) is 0 Å². The van der Waals surface area contributed by atoms with E-state index in [2.05, 4.69) is 6.92 Å². The quantitative estimate of drug-likeness (QED) is 0.555. The monoisotopic (exact) mass is 164 g/mol. The molecular weight excluding hydrogens is 144 g/mol. The molecule has 0 heteroatoms. The van der Waals surface area contributed by atoms with Crippen LogP contribution in [0.4, 0.5) is 0 Å². The highest BCUT2D eigenvalue weighted by atomic mass is 14.7. The van der Waals surface area contributed by atoms with Crippen molar-refractivity contribution in [3.8, 4) is 0 Å². The zero-order valence-electron chi connectivity index (χ0n) is 8.18. The molecule has 3 rings (SSSR count). The predicted octanol–water partition coefficient (Wildman–Crippen LogP) is 3.61. The normalized spacial score (nSPS) is 56.2. The van der Waals surface area contributed by atoms with Gasteiger partial charge >= 0.3 is 0 Å². The van der Waals surface area contributed by atoms with Crippen molar-refractivity contribution < 1.29 is 0 Å². The maximum absolute atomic E-state index is 2.44. The van der Waals surface area contributed by atoms with Crippen LogP contribution >= 0.6 is 0 Å². The van der Waals surface area contributed by atoms with Crippen molar-refractivity contribution in [3.05, 3.63) is 0 Å². The molecule has 0 N–H and O–H groups in total. The molecule has 0 aromatic heterocycles. The lowest BCUT2D eigenvalue weighted by Gasteiger charge is -2.70. The van der Waals surface area contributed by atoms with E-state index in [1.807, 2.05) is 0 Å². The lowest BCUT2D eigenvalue weighted by molar-refractivity contribution is -0.209. The summed E-state index contributed by atoms with van der Waals surface area (Å²) in [6, 6.07) is 0. The van der Waals surface area contributed by atoms with Gasteiger partial charge in [-0.3, -0.25) is 0 Å². The fourth-order valence-corrected chi connectivity index (χ4v) is 4.70. The van der Waals surface area contributed by atoms with Crippen molar-refractivity contribution in [3.63, 3.8) is 0 Å². The van der Waals surface area contributed by atoms with Gasteiger partial charge in [-0.15, -0.1) is 0 Å². The van der Waals surface area contributed by atoms with Gasteiger partial charge in [0.2, 0.25) is 0 Å². The Balaban J connectivity index is 1.85. The molecule has 0 spiro atoms. The Morgan fingerprint density at radius 3 is 2.50 bits per heavy atom. The van der Waals surface area contributed by atoms with Crippen LogP contribution in [0.15, 0.2) is 0 Å². The van der Waals surface area contributed by atoms with Crippen LogP contribution in [0, 0.1) is 23.2 Å². The van der Waals surface area contributed by atoms with Gasteiger partial charge in [0, 0.05) is 0 Å². The molecule has 0 bridgehead atoms. The van der Waals surface area contributed by atoms with E-state index < -0.39 is 0 Å². The minimum atomic E-state index is 0.876. The smallest absolute Gasteiger partial charge is 0.0238 e. The lowest BCUT2D eigenvalue weighted by Crippen LogP contribution is -2.62. The highest BCUT2D eigenvalue weighted by Gasteiger charge is 2.63. The summed E-state index contributed by atoms with van der Waals surface area (Å²) >= 11 is 0. The van der Waals surface area contributed by atoms with E-state index in [0.29, 0.717) is 0 Å². The summed E-state index contributed by atoms with van der Waals surface area (Å²) in [4.78, 5) is 0. The van der Waals surface area contributed by atoms with Crippen molar-refractivity contribution in [1.82, 2.24) is 0 Å². The fraction of sp³-hybridized carbons (Fsp3) is 1.00. The van der Waals surface area contributed by atoms with Crippen LogP contribution < -0.4 is 0 Å². The SMILES string of the molecule is CCC12CCCCC1C1CCC12. The van der Waals surface area contributed by atoms with Gasteiger partial charge in [0.15, 0.2) is 0 Å². The summed E-state index contributed by atoms with van der Waals surface area (Å²) in [7, 11) is 0. The van der Waals surface area contributed by atoms with Crippen LogP contribution in [0.3, 0.4) is 0 Å². The van der Waals surface area contributed by atoms with Crippen LogP contribution in [0.5, 0.6) is 0 Å². The third-order valence-corrected chi connectivity index (χ3v) is 5.39. The van der Waals surface area contributed by atoms with Gasteiger partial charge < -0.3 is 0 Å². The maximum atomic E-state index is 2.44. The zero-order valence-corrected chi connectivity index (χ0v) is 8.18. The molecule has 0 saturated heterocycles. The van der Waals surface area contributed by atoms with E-state index in [9.17, 15) is 0 Å². The summed E-state index contributed by atoms with van der Waals surface area (Å²) in [6.07, 6.45) is 10.9. The van der Waals surface area contributed by atoms with Gasteiger partial charge in [0.25, 0.3) is 0 Å². The van der Waals surface area contributed by atoms with Crippen molar-refractivity contribution in [2.24, 2.45) is 23.2 Å². The average molecular weight is 164 g/mol. The van der Waals surface area contributed by atoms with Crippen LogP contribution in [0.25, 0.3) is 0 Å². The Bertz CT molecular complexity index is 196. The number of rotatable bonds is 1. The standard InChI is InChI=1S/C12H20/c1-2-12-8-4-3-5-10(12)9-6-7-11(9)12/h9-11H,2-8H2,1H3. The van der Waals surface area contributed by atoms with E-state index in [0.717, 1.165) is 5.41 Å². The average Bonchev–Trinajstić information content (AvgIpc) is 2.05. The lowest BCUT2D eigenvalue weighted by atomic mass is 9.35. The second-order valence-corrected chi connectivity index (χ2v) is 5.29. The number of hydrogen-bond donors (Lipinski definition) is 0. The fourth-order valence-electron chi connectivity index (χ4n) is 4.70. The van der Waals surface area contributed by atoms with Crippen molar-refractivity contribution in [2.45, 2.75) is 51.9 Å². The van der Waals surface area contributed by atoms with Crippen molar-refractivity contribution in [2.75, 3.05) is 0 Å². The molecule has 0 aromatic carbocycles. The molecule has 4 unspecified atom stereocenters. The Labute approximate surface area is 75.7 Å². The summed E-state index contributed by atoms with van der Waals surface area (Å²) < 4.78 is 0. The van der Waals surface area contributed by atoms with E-state index in [4.69, 9.17) is 0 Å². The van der Waals surface area contributed by atoms with Crippen LogP contribution in [-0.2, 0) is 0 Å². The zero-order chi connectivity index (χ0) is 8.18. The largest absolute Gasteiger partial charge is 0.0648 e. The van der Waals surface area contributed by atoms with Crippen molar-refractivity contribution >= 4 is 0 Å². The number of fused-ring (bicyclic) bond motifs is 4. The Kier molecular flexibility index (Phi) is 1.40. The van der Waals surface area contributed by atoms with E-state index in [1.165, 1.54) is 37.0 Å². The maximum Gasteiger partial charge on any atom is -0.0238 e. The predicted molar refractivity (Wildman–Crippen MR) is 50.9 cm³/mol. The first-order valence-corrected chi connectivity index (χ1v) is 5.88. The molecule has 0 radical (unpaired) electrons. The molecule has 0 heterocycles. The summed E-state index contributed by atoms with van der Waals surface area (Å²) in [5.74, 6) is 3.56. The minimum absolute atomic E-state index is 0.876. The molecule has 3 aliphatic carbocycles. The molecule has 3 fully saturated rings. The van der Waals surface area contributed by atoms with Crippen LogP contribution in [0.2, 0.25) is 0 Å². The summed E-state index contributed by atoms with van der Waals surface area (Å²) in [5.41, 5.74) is 0.876. The Morgan fingerprint density at radius 2 is 1.92 bits per heavy atom. The number of hydrogen-bond acceptors (Lipinski definition) is 0. The third kappa shape index (κ3) is 0.625. The Morgan fingerprint density at radius 1 is 1.08 bits per heavy atom. The molecule has 3 aliphatic rings. The molecule has 3 saturated carbocycles. The molecule has 68 valence electrons. The summed E-state index contributed by atoms with van der Waals surface area (Å²) in [5, 5.41) is 0. The second kappa shape index (κ2) is 2.27. The highest BCUT2D eigenvalue weighted by molar-refractivity contribution is 5.12. The molecule has 12 heavy (non-hydrogen) atoms. The first-order chi connectivity index (χ1) is 5.88. The molecule has 0 aromatic rings. The highest BCUT2D eigenvalue weighted by Crippen LogP contribution is 2.71. The first-order valence-electron chi connectivity index (χ1n) is 5.88. The topological polar surface area (TPSA) is 0 Å². The minimum Gasteiger partial charge on any atom is -0.0648 e. The summed E-state index contributed by atoms with van der Waals surface area (Å²) in [6.45, 7) is 2.44. The van der Waals surface area contributed by atoms with Gasteiger partial charge in [0.1, 0.15) is 0 Å². The van der Waals surface area contributed by atoms with Gasteiger partial charge in [-0.1, -0.05) is 19.8 Å². The Hall–Kier alpha value is 0. The van der Waals surface area contributed by atoms with Gasteiger partial charge in [0.05, 0.1) is 0 Å². The first kappa shape index (κ1) is 7.41. The van der Waals surface area contributed by atoms with E-state index in [1.54, 1.807) is 25.7 Å². The van der Waals surface area contributed by atoms with E-state index >= 15 is 0 Å². The van der Waals surface area contributed by atoms with E-state index in [-0.39, 0.29) is 0 Å². The molecular formula is C12H20. The van der Waals surface area contributed by atoms with Gasteiger partial charge in [-0.05, 0) is 55.3 Å². The third-order valence-electron chi connectivity index (χ3n) is 5.39. The van der Waals surface area contributed by atoms with Crippen molar-refractivity contribution in [1.29, 1.82) is 0 Å². The molecule has 4 atom stereocenters. The molecule has 0 aliphatic heterocycles. The molecule has 0 nitrogen and oxygen atoms in total. The van der Waals surface area contributed by atoms with Crippen LogP contribution in [0.1, 0.15) is 51.9 Å².